The summed E-state index contributed by atoms with van der Waals surface area (Å²) in [6, 6.07) is 50.6. The van der Waals surface area contributed by atoms with E-state index in [4.69, 9.17) is 20.0 Å². The number of pyridine rings is 1. The fourth-order valence-electron chi connectivity index (χ4n) is 6.76. The van der Waals surface area contributed by atoms with Gasteiger partial charge in [-0.15, -0.1) is 5.10 Å². The highest BCUT2D eigenvalue weighted by Crippen LogP contribution is 2.45. The Hall–Kier alpha value is -5.88. The molecule has 0 saturated carbocycles. The molecule has 0 amide bonds. The summed E-state index contributed by atoms with van der Waals surface area (Å²) in [4.78, 5) is 4.89. The Bertz CT molecular complexity index is 2030. The normalized spacial score (nSPS) is 11.4. The van der Waals surface area contributed by atoms with Gasteiger partial charge < -0.3 is 4.74 Å². The van der Waals surface area contributed by atoms with E-state index in [1.54, 1.807) is 7.11 Å². The monoisotopic (exact) mass is 627 g/mol. The summed E-state index contributed by atoms with van der Waals surface area (Å²) >= 11 is 0. The van der Waals surface area contributed by atoms with Crippen molar-refractivity contribution in [2.75, 3.05) is 7.11 Å². The van der Waals surface area contributed by atoms with Gasteiger partial charge in [-0.3, -0.25) is 4.98 Å². The number of hydrogen-bond donors (Lipinski definition) is 0. The number of ether oxygens (including phenoxy) is 1. The lowest BCUT2D eigenvalue weighted by Crippen LogP contribution is -2.39. The molecule has 0 fully saturated rings. The van der Waals surface area contributed by atoms with Gasteiger partial charge in [-0.2, -0.15) is 0 Å². The molecule has 236 valence electrons. The summed E-state index contributed by atoms with van der Waals surface area (Å²) in [5, 5.41) is 14.1. The maximum Gasteiger partial charge on any atom is 0.184 e. The molecule has 0 atom stereocenters. The fraction of sp³-hybridized carbons (Fsp3) is 0.143. The second kappa shape index (κ2) is 13.5. The summed E-state index contributed by atoms with van der Waals surface area (Å²) in [7, 11) is 1.72. The Morgan fingerprint density at radius 2 is 1.15 bits per heavy atom. The molecule has 6 nitrogen and oxygen atoms in total. The first-order valence-electron chi connectivity index (χ1n) is 16.4. The molecule has 7 rings (SSSR count). The smallest absolute Gasteiger partial charge is 0.184 e. The summed E-state index contributed by atoms with van der Waals surface area (Å²) in [5.41, 5.74) is 9.24. The highest BCUT2D eigenvalue weighted by molar-refractivity contribution is 5.86. The van der Waals surface area contributed by atoms with E-state index in [0.29, 0.717) is 5.82 Å². The van der Waals surface area contributed by atoms with Gasteiger partial charge in [-0.05, 0) is 68.8 Å². The Morgan fingerprint density at radius 1 is 0.583 bits per heavy atom. The molecule has 48 heavy (non-hydrogen) atoms. The summed E-state index contributed by atoms with van der Waals surface area (Å²) < 4.78 is 8.01. The van der Waals surface area contributed by atoms with Crippen LogP contribution in [0.15, 0.2) is 146 Å². The van der Waals surface area contributed by atoms with E-state index in [9.17, 15) is 0 Å². The third kappa shape index (κ3) is 5.35. The van der Waals surface area contributed by atoms with Crippen molar-refractivity contribution in [3.63, 3.8) is 0 Å². The van der Waals surface area contributed by atoms with E-state index in [2.05, 4.69) is 140 Å². The van der Waals surface area contributed by atoms with Gasteiger partial charge in [0.15, 0.2) is 5.82 Å². The molecule has 0 saturated heterocycles. The lowest BCUT2D eigenvalue weighted by atomic mass is 9.76. The molecule has 7 aromatic rings. The maximum atomic E-state index is 6.01. The third-order valence-electron chi connectivity index (χ3n) is 9.02. The van der Waals surface area contributed by atoms with Crippen molar-refractivity contribution in [3.05, 3.63) is 174 Å². The number of hydrogen-bond acceptors (Lipinski definition) is 5. The van der Waals surface area contributed by atoms with E-state index in [1.165, 1.54) is 0 Å². The van der Waals surface area contributed by atoms with Crippen LogP contribution < -0.4 is 4.74 Å². The molecule has 0 aliphatic rings. The lowest BCUT2D eigenvalue weighted by Gasteiger charge is -2.36. The quantitative estimate of drug-likeness (QED) is 0.142. The van der Waals surface area contributed by atoms with Crippen molar-refractivity contribution in [2.45, 2.75) is 32.2 Å². The van der Waals surface area contributed by atoms with Crippen molar-refractivity contribution < 1.29 is 4.74 Å². The van der Waals surface area contributed by atoms with Crippen molar-refractivity contribution in [2.24, 2.45) is 0 Å². The fourth-order valence-corrected chi connectivity index (χ4v) is 6.76. The number of rotatable bonds is 10. The standard InChI is InChI=1S/C42H37N5O/c1-4-35-29-37(40(48-3)39(5-2)43-35)31-26-27-36(30-18-10-6-11-19-30)38(28-31)41-44-45-46-47(41)42(32-20-12-7-13-21-32,33-22-14-8-15-23-33)34-24-16-9-17-25-34/h6-29H,4-5H2,1-3H3. The van der Waals surface area contributed by atoms with E-state index in [1.807, 2.05) is 28.9 Å². The van der Waals surface area contributed by atoms with Gasteiger partial charge in [0, 0.05) is 16.8 Å². The molecule has 0 aliphatic heterocycles. The van der Waals surface area contributed by atoms with Crippen LogP contribution in [0.4, 0.5) is 0 Å². The minimum Gasteiger partial charge on any atom is -0.494 e. The van der Waals surface area contributed by atoms with Gasteiger partial charge in [-0.25, -0.2) is 4.68 Å². The van der Waals surface area contributed by atoms with E-state index in [-0.39, 0.29) is 0 Å². The van der Waals surface area contributed by atoms with Gasteiger partial charge >= 0.3 is 0 Å². The van der Waals surface area contributed by atoms with Crippen LogP contribution >= 0.6 is 0 Å². The zero-order valence-corrected chi connectivity index (χ0v) is 27.4. The zero-order valence-electron chi connectivity index (χ0n) is 27.4. The second-order valence-corrected chi connectivity index (χ2v) is 11.7. The third-order valence-corrected chi connectivity index (χ3v) is 9.02. The van der Waals surface area contributed by atoms with E-state index >= 15 is 0 Å². The van der Waals surface area contributed by atoms with Crippen molar-refractivity contribution in [3.8, 4) is 39.4 Å². The molecular formula is C42H37N5O. The largest absolute Gasteiger partial charge is 0.494 e. The predicted octanol–water partition coefficient (Wildman–Crippen LogP) is 9.04. The molecule has 0 unspecified atom stereocenters. The molecule has 0 bridgehead atoms. The maximum absolute atomic E-state index is 6.01. The number of benzene rings is 5. The predicted molar refractivity (Wildman–Crippen MR) is 192 cm³/mol. The number of aromatic nitrogens is 5. The first-order valence-corrected chi connectivity index (χ1v) is 16.4. The highest BCUT2D eigenvalue weighted by Gasteiger charge is 2.42. The summed E-state index contributed by atoms with van der Waals surface area (Å²) in [6.45, 7) is 4.24. The average Bonchev–Trinajstić information content (AvgIpc) is 3.66. The molecule has 0 aliphatic carbocycles. The van der Waals surface area contributed by atoms with E-state index in [0.717, 1.165) is 74.5 Å². The SMILES string of the molecule is CCc1cc(-c2ccc(-c3ccccc3)c(-c3nnnn3C(c3ccccc3)(c3ccccc3)c3ccccc3)c2)c(OC)c(CC)n1. The first kappa shape index (κ1) is 30.8. The average molecular weight is 628 g/mol. The van der Waals surface area contributed by atoms with Gasteiger partial charge in [-0.1, -0.05) is 147 Å². The van der Waals surface area contributed by atoms with Crippen LogP contribution in [-0.4, -0.2) is 32.3 Å². The Balaban J connectivity index is 1.57. The van der Waals surface area contributed by atoms with Gasteiger partial charge in [0.05, 0.1) is 12.8 Å². The Labute approximate surface area is 281 Å². The van der Waals surface area contributed by atoms with E-state index < -0.39 is 5.54 Å². The minimum absolute atomic E-state index is 0.645. The topological polar surface area (TPSA) is 65.7 Å². The second-order valence-electron chi connectivity index (χ2n) is 11.7. The van der Waals surface area contributed by atoms with Crippen molar-refractivity contribution in [1.29, 1.82) is 0 Å². The Morgan fingerprint density at radius 3 is 1.67 bits per heavy atom. The Kier molecular flexibility index (Phi) is 8.63. The molecule has 5 aromatic carbocycles. The number of tetrazole rings is 1. The van der Waals surface area contributed by atoms with Crippen molar-refractivity contribution in [1.82, 2.24) is 25.2 Å². The lowest BCUT2D eigenvalue weighted by molar-refractivity contribution is 0.408. The van der Waals surface area contributed by atoms with Gasteiger partial charge in [0.25, 0.3) is 0 Å². The molecular weight excluding hydrogens is 590 g/mol. The molecule has 0 N–H and O–H groups in total. The van der Waals surface area contributed by atoms with Crippen molar-refractivity contribution >= 4 is 0 Å². The number of nitrogens with zero attached hydrogens (tertiary/aromatic N) is 5. The highest BCUT2D eigenvalue weighted by atomic mass is 16.5. The molecule has 2 aromatic heterocycles. The zero-order chi connectivity index (χ0) is 32.9. The number of aryl methyl sites for hydroxylation is 2. The van der Waals surface area contributed by atoms with Crippen LogP contribution in [0.2, 0.25) is 0 Å². The van der Waals surface area contributed by atoms with Crippen LogP contribution in [0.5, 0.6) is 5.75 Å². The van der Waals surface area contributed by atoms with Crippen LogP contribution in [0, 0.1) is 0 Å². The first-order chi connectivity index (χ1) is 23.7. The summed E-state index contributed by atoms with van der Waals surface area (Å²) in [5.74, 6) is 1.44. The van der Waals surface area contributed by atoms with Crippen LogP contribution in [0.3, 0.4) is 0 Å². The van der Waals surface area contributed by atoms with Crippen LogP contribution in [0.1, 0.15) is 41.9 Å². The molecule has 0 spiro atoms. The minimum atomic E-state index is -0.883. The number of methoxy groups -OCH3 is 1. The molecule has 6 heteroatoms. The molecule has 2 heterocycles. The van der Waals surface area contributed by atoms with Crippen LogP contribution in [0.25, 0.3) is 33.6 Å². The molecule has 0 radical (unpaired) electrons. The summed E-state index contributed by atoms with van der Waals surface area (Å²) in [6.07, 6.45) is 1.59. The van der Waals surface area contributed by atoms with Gasteiger partial charge in [0.2, 0.25) is 0 Å². The van der Waals surface area contributed by atoms with Crippen LogP contribution in [-0.2, 0) is 18.4 Å². The van der Waals surface area contributed by atoms with Gasteiger partial charge in [0.1, 0.15) is 11.3 Å².